The first kappa shape index (κ1) is 22.6. The van der Waals surface area contributed by atoms with Gasteiger partial charge in [0.1, 0.15) is 11.6 Å². The lowest BCUT2D eigenvalue weighted by Crippen LogP contribution is -2.48. The van der Waals surface area contributed by atoms with Crippen molar-refractivity contribution in [3.63, 3.8) is 0 Å². The fourth-order valence-corrected chi connectivity index (χ4v) is 3.75. The lowest BCUT2D eigenvalue weighted by atomic mass is 10.2. The molecule has 1 amide bonds. The Morgan fingerprint density at radius 3 is 2.36 bits per heavy atom. The Hall–Kier alpha value is -3.63. The van der Waals surface area contributed by atoms with Gasteiger partial charge in [-0.1, -0.05) is 6.07 Å². The highest BCUT2D eigenvalue weighted by atomic mass is 19.4. The molecule has 11 heteroatoms. The minimum atomic E-state index is -4.44. The molecule has 1 saturated heterocycles. The summed E-state index contributed by atoms with van der Waals surface area (Å²) < 4.78 is 41.0. The zero-order valence-electron chi connectivity index (χ0n) is 18.5. The third-order valence-corrected chi connectivity index (χ3v) is 5.41. The number of nitrogens with zero attached hydrogens (tertiary/aromatic N) is 6. The Labute approximate surface area is 189 Å². The van der Waals surface area contributed by atoms with Gasteiger partial charge in [0.15, 0.2) is 0 Å². The van der Waals surface area contributed by atoms with Crippen LogP contribution in [-0.4, -0.2) is 56.7 Å². The van der Waals surface area contributed by atoms with Crippen molar-refractivity contribution < 1.29 is 18.0 Å². The van der Waals surface area contributed by atoms with Gasteiger partial charge in [-0.15, -0.1) is 0 Å². The number of alkyl halides is 3. The predicted octanol–water partition coefficient (Wildman–Crippen LogP) is 3.71. The summed E-state index contributed by atoms with van der Waals surface area (Å²) in [6.07, 6.45) is -4.44. The van der Waals surface area contributed by atoms with Crippen LogP contribution >= 0.6 is 0 Å². The number of halogens is 3. The first-order valence-electron chi connectivity index (χ1n) is 10.5. The molecule has 0 atom stereocenters. The number of rotatable bonds is 4. The van der Waals surface area contributed by atoms with Crippen LogP contribution in [0.15, 0.2) is 36.4 Å². The molecule has 0 aliphatic carbocycles. The second-order valence-corrected chi connectivity index (χ2v) is 7.95. The molecule has 0 bridgehead atoms. The van der Waals surface area contributed by atoms with Crippen molar-refractivity contribution >= 4 is 23.2 Å². The SMILES string of the molecule is CC(=O)N1CCN(c2cc(Nc3cccc(C(F)(F)F)c3)nc(-n3nc(C)cc3C)n2)CC1. The number of piperazine rings is 1. The van der Waals surface area contributed by atoms with Crippen LogP contribution in [0.2, 0.25) is 0 Å². The highest BCUT2D eigenvalue weighted by molar-refractivity contribution is 5.73. The van der Waals surface area contributed by atoms with Gasteiger partial charge >= 0.3 is 6.18 Å². The van der Waals surface area contributed by atoms with Gasteiger partial charge in [-0.3, -0.25) is 4.79 Å². The molecule has 33 heavy (non-hydrogen) atoms. The molecule has 1 aliphatic heterocycles. The number of benzene rings is 1. The second kappa shape index (κ2) is 8.72. The van der Waals surface area contributed by atoms with Crippen LogP contribution in [-0.2, 0) is 11.0 Å². The summed E-state index contributed by atoms with van der Waals surface area (Å²) in [5.74, 6) is 1.27. The monoisotopic (exact) mass is 459 g/mol. The number of nitrogens with one attached hydrogen (secondary N) is 1. The van der Waals surface area contributed by atoms with Crippen molar-refractivity contribution in [3.8, 4) is 5.95 Å². The fraction of sp³-hybridized carbons (Fsp3) is 0.364. The van der Waals surface area contributed by atoms with E-state index in [0.717, 1.165) is 23.5 Å². The zero-order valence-corrected chi connectivity index (χ0v) is 18.5. The van der Waals surface area contributed by atoms with Gasteiger partial charge in [-0.2, -0.15) is 28.2 Å². The summed E-state index contributed by atoms with van der Waals surface area (Å²) in [7, 11) is 0. The number of aryl methyl sites for hydroxylation is 2. The molecule has 4 rings (SSSR count). The maximum atomic E-state index is 13.1. The first-order chi connectivity index (χ1) is 15.6. The fourth-order valence-electron chi connectivity index (χ4n) is 3.75. The van der Waals surface area contributed by atoms with Crippen molar-refractivity contribution in [2.75, 3.05) is 36.4 Å². The van der Waals surface area contributed by atoms with Crippen LogP contribution in [0.25, 0.3) is 5.95 Å². The Balaban J connectivity index is 1.69. The number of hydrogen-bond acceptors (Lipinski definition) is 6. The molecule has 8 nitrogen and oxygen atoms in total. The predicted molar refractivity (Wildman–Crippen MR) is 118 cm³/mol. The summed E-state index contributed by atoms with van der Waals surface area (Å²) >= 11 is 0. The normalized spacial score (nSPS) is 14.5. The lowest BCUT2D eigenvalue weighted by molar-refractivity contribution is -0.137. The average Bonchev–Trinajstić information content (AvgIpc) is 3.11. The minimum absolute atomic E-state index is 0.0209. The van der Waals surface area contributed by atoms with E-state index in [0.29, 0.717) is 43.8 Å². The molecular weight excluding hydrogens is 435 g/mol. The number of anilines is 3. The van der Waals surface area contributed by atoms with E-state index in [9.17, 15) is 18.0 Å². The molecule has 1 fully saturated rings. The molecule has 2 aromatic heterocycles. The summed E-state index contributed by atoms with van der Waals surface area (Å²) in [5.41, 5.74) is 1.14. The number of carbonyl (C=O) groups is 1. The Morgan fingerprint density at radius 1 is 1.03 bits per heavy atom. The van der Waals surface area contributed by atoms with Crippen LogP contribution in [0.3, 0.4) is 0 Å². The van der Waals surface area contributed by atoms with Crippen LogP contribution in [0.4, 0.5) is 30.5 Å². The van der Waals surface area contributed by atoms with E-state index in [1.54, 1.807) is 28.6 Å². The highest BCUT2D eigenvalue weighted by Gasteiger charge is 2.30. The van der Waals surface area contributed by atoms with E-state index in [1.807, 2.05) is 24.8 Å². The van der Waals surface area contributed by atoms with E-state index in [2.05, 4.69) is 20.4 Å². The summed E-state index contributed by atoms with van der Waals surface area (Å²) in [6.45, 7) is 7.55. The first-order valence-corrected chi connectivity index (χ1v) is 10.5. The van der Waals surface area contributed by atoms with Crippen molar-refractivity contribution in [1.29, 1.82) is 0 Å². The van der Waals surface area contributed by atoms with Gasteiger partial charge in [0.2, 0.25) is 5.91 Å². The third kappa shape index (κ3) is 5.07. The van der Waals surface area contributed by atoms with Crippen LogP contribution < -0.4 is 10.2 Å². The van der Waals surface area contributed by atoms with Crippen molar-refractivity contribution in [1.82, 2.24) is 24.6 Å². The largest absolute Gasteiger partial charge is 0.416 e. The van der Waals surface area contributed by atoms with Gasteiger partial charge in [0.05, 0.1) is 11.3 Å². The molecular formula is C22H24F3N7O. The molecule has 3 heterocycles. The van der Waals surface area contributed by atoms with Gasteiger partial charge < -0.3 is 15.1 Å². The molecule has 0 saturated carbocycles. The Morgan fingerprint density at radius 2 is 1.76 bits per heavy atom. The molecule has 0 spiro atoms. The molecule has 1 N–H and O–H groups in total. The van der Waals surface area contributed by atoms with Crippen LogP contribution in [0, 0.1) is 13.8 Å². The third-order valence-electron chi connectivity index (χ3n) is 5.41. The van der Waals surface area contributed by atoms with Gasteiger partial charge in [0.25, 0.3) is 5.95 Å². The van der Waals surface area contributed by atoms with E-state index in [-0.39, 0.29) is 11.6 Å². The molecule has 3 aromatic rings. The Bertz CT molecular complexity index is 1170. The molecule has 0 radical (unpaired) electrons. The topological polar surface area (TPSA) is 79.2 Å². The van der Waals surface area contributed by atoms with Crippen LogP contribution in [0.5, 0.6) is 0 Å². The van der Waals surface area contributed by atoms with Gasteiger partial charge in [0, 0.05) is 50.6 Å². The molecule has 0 unspecified atom stereocenters. The van der Waals surface area contributed by atoms with E-state index < -0.39 is 11.7 Å². The number of aromatic nitrogens is 4. The lowest BCUT2D eigenvalue weighted by Gasteiger charge is -2.35. The number of amides is 1. The standard InChI is InChI=1S/C22H24F3N7O/c1-14-11-15(2)32(29-14)21-27-19(26-18-6-4-5-17(12-18)22(23,24)25)13-20(28-21)31-9-7-30(8-10-31)16(3)33/h4-6,11-13H,7-10H2,1-3H3,(H,26,27,28). The van der Waals surface area contributed by atoms with Crippen LogP contribution in [0.1, 0.15) is 23.9 Å². The van der Waals surface area contributed by atoms with Gasteiger partial charge in [-0.25, -0.2) is 4.68 Å². The van der Waals surface area contributed by atoms with Crippen molar-refractivity contribution in [2.24, 2.45) is 0 Å². The summed E-state index contributed by atoms with van der Waals surface area (Å²) in [6, 6.07) is 8.53. The maximum absolute atomic E-state index is 13.1. The summed E-state index contributed by atoms with van der Waals surface area (Å²) in [5, 5.41) is 7.42. The maximum Gasteiger partial charge on any atom is 0.416 e. The zero-order chi connectivity index (χ0) is 23.8. The number of carbonyl (C=O) groups excluding carboxylic acids is 1. The van der Waals surface area contributed by atoms with Crippen molar-refractivity contribution in [3.05, 3.63) is 53.3 Å². The quantitative estimate of drug-likeness (QED) is 0.641. The molecule has 174 valence electrons. The summed E-state index contributed by atoms with van der Waals surface area (Å²) in [4.78, 5) is 24.6. The average molecular weight is 459 g/mol. The van der Waals surface area contributed by atoms with Crippen molar-refractivity contribution in [2.45, 2.75) is 26.9 Å². The Kier molecular flexibility index (Phi) is 5.96. The molecule has 1 aromatic carbocycles. The smallest absolute Gasteiger partial charge is 0.353 e. The molecule has 1 aliphatic rings. The van der Waals surface area contributed by atoms with E-state index in [4.69, 9.17) is 0 Å². The highest BCUT2D eigenvalue weighted by Crippen LogP contribution is 2.31. The number of hydrogen-bond donors (Lipinski definition) is 1. The van der Waals surface area contributed by atoms with E-state index in [1.165, 1.54) is 6.07 Å². The second-order valence-electron chi connectivity index (χ2n) is 7.95. The minimum Gasteiger partial charge on any atom is -0.353 e. The van der Waals surface area contributed by atoms with Gasteiger partial charge in [-0.05, 0) is 38.1 Å². The van der Waals surface area contributed by atoms with E-state index >= 15 is 0 Å².